The topological polar surface area (TPSA) is 74.2 Å². The number of aliphatic hydroxyl groups is 1. The highest BCUT2D eigenvalue weighted by molar-refractivity contribution is 5.74. The molecule has 3 N–H and O–H groups in total. The molecule has 0 bridgehead atoms. The molecule has 1 aromatic carbocycles. The minimum Gasteiger partial charge on any atom is -0.392 e. The minimum atomic E-state index is -0.210. The fourth-order valence-corrected chi connectivity index (χ4v) is 2.25. The Morgan fingerprint density at radius 1 is 1.23 bits per heavy atom. The van der Waals surface area contributed by atoms with Crippen LogP contribution in [0, 0.1) is 0 Å². The van der Waals surface area contributed by atoms with Gasteiger partial charge in [0.25, 0.3) is 0 Å². The van der Waals surface area contributed by atoms with Gasteiger partial charge in [0.1, 0.15) is 0 Å². The number of nitrogens with zero attached hydrogens (tertiary/aromatic N) is 1. The Labute approximate surface area is 130 Å². The number of hydrogen-bond acceptors (Lipinski definition) is 3. The zero-order valence-corrected chi connectivity index (χ0v) is 12.6. The van der Waals surface area contributed by atoms with Crippen LogP contribution in [-0.4, -0.2) is 16.1 Å². The molecule has 0 saturated carbocycles. The number of nitrogens with one attached hydrogen (secondary N) is 2. The first-order chi connectivity index (χ1) is 10.7. The van der Waals surface area contributed by atoms with Crippen molar-refractivity contribution in [1.29, 1.82) is 0 Å². The Kier molecular flexibility index (Phi) is 5.91. The van der Waals surface area contributed by atoms with Gasteiger partial charge in [0, 0.05) is 18.9 Å². The van der Waals surface area contributed by atoms with Crippen LogP contribution in [0.25, 0.3) is 0 Å². The smallest absolute Gasteiger partial charge is 0.315 e. The van der Waals surface area contributed by atoms with Crippen molar-refractivity contribution in [3.05, 3.63) is 65.5 Å². The van der Waals surface area contributed by atoms with E-state index >= 15 is 0 Å². The normalized spacial score (nSPS) is 11.7. The van der Waals surface area contributed by atoms with Crippen LogP contribution in [0.3, 0.4) is 0 Å². The molecule has 22 heavy (non-hydrogen) atoms. The molecule has 0 unspecified atom stereocenters. The van der Waals surface area contributed by atoms with Crippen LogP contribution in [0.4, 0.5) is 4.79 Å². The number of carbonyl (C=O) groups excluding carboxylic acids is 1. The van der Waals surface area contributed by atoms with Crippen molar-refractivity contribution in [2.45, 2.75) is 32.5 Å². The summed E-state index contributed by atoms with van der Waals surface area (Å²) in [4.78, 5) is 16.0. The third-order valence-electron chi connectivity index (χ3n) is 3.45. The average Bonchev–Trinajstić information content (AvgIpc) is 2.58. The summed E-state index contributed by atoms with van der Waals surface area (Å²) in [6, 6.07) is 11.1. The Balaban J connectivity index is 1.89. The fraction of sp³-hybridized carbons (Fsp3) is 0.294. The molecule has 2 amide bonds. The van der Waals surface area contributed by atoms with E-state index in [1.807, 2.05) is 43.3 Å². The Morgan fingerprint density at radius 2 is 1.95 bits per heavy atom. The lowest BCUT2D eigenvalue weighted by Crippen LogP contribution is -2.37. The monoisotopic (exact) mass is 299 g/mol. The number of hydrogen-bond donors (Lipinski definition) is 3. The summed E-state index contributed by atoms with van der Waals surface area (Å²) in [6.45, 7) is 2.45. The summed E-state index contributed by atoms with van der Waals surface area (Å²) in [5, 5.41) is 14.9. The van der Waals surface area contributed by atoms with Gasteiger partial charge in [-0.05, 0) is 35.2 Å². The third kappa shape index (κ3) is 4.56. The molecule has 1 aromatic heterocycles. The molecule has 116 valence electrons. The number of urea groups is 1. The molecule has 0 saturated heterocycles. The number of amides is 2. The first kappa shape index (κ1) is 16.0. The van der Waals surface area contributed by atoms with Crippen molar-refractivity contribution in [1.82, 2.24) is 15.6 Å². The van der Waals surface area contributed by atoms with Crippen molar-refractivity contribution in [2.24, 2.45) is 0 Å². The van der Waals surface area contributed by atoms with Crippen molar-refractivity contribution in [3.63, 3.8) is 0 Å². The number of carbonyl (C=O) groups is 1. The van der Waals surface area contributed by atoms with Gasteiger partial charge in [-0.3, -0.25) is 4.98 Å². The van der Waals surface area contributed by atoms with E-state index in [0.29, 0.717) is 6.54 Å². The number of benzene rings is 1. The zero-order valence-electron chi connectivity index (χ0n) is 12.6. The van der Waals surface area contributed by atoms with Gasteiger partial charge in [-0.1, -0.05) is 31.2 Å². The molecule has 0 aliphatic rings. The van der Waals surface area contributed by atoms with Gasteiger partial charge in [-0.25, -0.2) is 4.79 Å². The van der Waals surface area contributed by atoms with Gasteiger partial charge in [-0.15, -0.1) is 0 Å². The Morgan fingerprint density at radius 3 is 2.64 bits per heavy atom. The molecule has 0 aliphatic carbocycles. The Bertz CT molecular complexity index is 602. The van der Waals surface area contributed by atoms with Gasteiger partial charge in [0.2, 0.25) is 0 Å². The standard InChI is InChI=1S/C17H21N3O2/c1-2-16(15-6-8-18-9-7-15)20-17(22)19-11-13-4-3-5-14(10-13)12-21/h3-10,16,21H,2,11-12H2,1H3,(H2,19,20,22)/t16-/m1/s1. The van der Waals surface area contributed by atoms with Crippen LogP contribution >= 0.6 is 0 Å². The van der Waals surface area contributed by atoms with Crippen molar-refractivity contribution >= 4 is 6.03 Å². The Hall–Kier alpha value is -2.40. The summed E-state index contributed by atoms with van der Waals surface area (Å²) < 4.78 is 0. The van der Waals surface area contributed by atoms with Crippen LogP contribution in [0.5, 0.6) is 0 Å². The molecular formula is C17H21N3O2. The second kappa shape index (κ2) is 8.14. The van der Waals surface area contributed by atoms with E-state index < -0.39 is 0 Å². The number of aliphatic hydroxyl groups excluding tert-OH is 1. The summed E-state index contributed by atoms with van der Waals surface area (Å²) in [6.07, 6.45) is 4.24. The number of aromatic nitrogens is 1. The summed E-state index contributed by atoms with van der Waals surface area (Å²) in [5.41, 5.74) is 2.83. The molecular weight excluding hydrogens is 278 g/mol. The van der Waals surface area contributed by atoms with Crippen LogP contribution < -0.4 is 10.6 Å². The fourth-order valence-electron chi connectivity index (χ4n) is 2.25. The molecule has 1 atom stereocenters. The van der Waals surface area contributed by atoms with Crippen molar-refractivity contribution in [2.75, 3.05) is 0 Å². The first-order valence-electron chi connectivity index (χ1n) is 7.36. The van der Waals surface area contributed by atoms with Crippen LogP contribution in [0.2, 0.25) is 0 Å². The van der Waals surface area contributed by atoms with E-state index in [0.717, 1.165) is 23.1 Å². The molecule has 2 aromatic rings. The lowest BCUT2D eigenvalue weighted by atomic mass is 10.1. The molecule has 5 heteroatoms. The van der Waals surface area contributed by atoms with Gasteiger partial charge < -0.3 is 15.7 Å². The van der Waals surface area contributed by atoms with Gasteiger partial charge in [0.05, 0.1) is 12.6 Å². The molecule has 0 radical (unpaired) electrons. The molecule has 0 aliphatic heterocycles. The summed E-state index contributed by atoms with van der Waals surface area (Å²) in [7, 11) is 0. The summed E-state index contributed by atoms with van der Waals surface area (Å²) in [5.74, 6) is 0. The maximum absolute atomic E-state index is 12.0. The lowest BCUT2D eigenvalue weighted by molar-refractivity contribution is 0.236. The van der Waals surface area contributed by atoms with Crippen molar-refractivity contribution < 1.29 is 9.90 Å². The second-order valence-corrected chi connectivity index (χ2v) is 5.05. The van der Waals surface area contributed by atoms with Crippen molar-refractivity contribution in [3.8, 4) is 0 Å². The first-order valence-corrected chi connectivity index (χ1v) is 7.36. The highest BCUT2D eigenvalue weighted by Crippen LogP contribution is 2.14. The highest BCUT2D eigenvalue weighted by atomic mass is 16.3. The predicted molar refractivity (Wildman–Crippen MR) is 85.0 cm³/mol. The lowest BCUT2D eigenvalue weighted by Gasteiger charge is -2.17. The third-order valence-corrected chi connectivity index (χ3v) is 3.45. The minimum absolute atomic E-state index is 0.0000120. The summed E-state index contributed by atoms with van der Waals surface area (Å²) >= 11 is 0. The van der Waals surface area contributed by atoms with Gasteiger partial charge in [-0.2, -0.15) is 0 Å². The van der Waals surface area contributed by atoms with Gasteiger partial charge >= 0.3 is 6.03 Å². The van der Waals surface area contributed by atoms with E-state index in [1.165, 1.54) is 0 Å². The molecule has 0 fully saturated rings. The second-order valence-electron chi connectivity index (χ2n) is 5.05. The zero-order chi connectivity index (χ0) is 15.8. The van der Waals surface area contributed by atoms with Crippen LogP contribution in [-0.2, 0) is 13.2 Å². The molecule has 1 heterocycles. The molecule has 5 nitrogen and oxygen atoms in total. The van der Waals surface area contributed by atoms with E-state index in [1.54, 1.807) is 12.4 Å². The maximum Gasteiger partial charge on any atom is 0.315 e. The maximum atomic E-state index is 12.0. The van der Waals surface area contributed by atoms with Crippen LogP contribution in [0.1, 0.15) is 36.1 Å². The van der Waals surface area contributed by atoms with Gasteiger partial charge in [0.15, 0.2) is 0 Å². The van der Waals surface area contributed by atoms with Crippen LogP contribution in [0.15, 0.2) is 48.8 Å². The highest BCUT2D eigenvalue weighted by Gasteiger charge is 2.12. The van der Waals surface area contributed by atoms with E-state index in [4.69, 9.17) is 5.11 Å². The largest absolute Gasteiger partial charge is 0.392 e. The number of pyridine rings is 1. The van der Waals surface area contributed by atoms with E-state index in [2.05, 4.69) is 15.6 Å². The molecule has 2 rings (SSSR count). The predicted octanol–water partition coefficient (Wildman–Crippen LogP) is 2.52. The number of rotatable bonds is 6. The van der Waals surface area contributed by atoms with E-state index in [9.17, 15) is 4.79 Å². The quantitative estimate of drug-likeness (QED) is 0.767. The van der Waals surface area contributed by atoms with E-state index in [-0.39, 0.29) is 18.7 Å². The SMILES string of the molecule is CC[C@@H](NC(=O)NCc1cccc(CO)c1)c1ccncc1. The average molecular weight is 299 g/mol. The molecule has 0 spiro atoms.